The zero-order valence-electron chi connectivity index (χ0n) is 9.57. The molecule has 0 radical (unpaired) electrons. The molecule has 1 aliphatic rings. The molecule has 1 unspecified atom stereocenters. The second kappa shape index (κ2) is 4.71. The molecule has 1 atom stereocenters. The van der Waals surface area contributed by atoms with Crippen LogP contribution in [-0.2, 0) is 9.47 Å². The van der Waals surface area contributed by atoms with Gasteiger partial charge in [-0.3, -0.25) is 0 Å². The Hall–Kier alpha value is -1.99. The molecule has 7 nitrogen and oxygen atoms in total. The first kappa shape index (κ1) is 11.1. The van der Waals surface area contributed by atoms with E-state index in [1.807, 2.05) is 0 Å². The van der Waals surface area contributed by atoms with Crippen LogP contribution in [0.1, 0.15) is 11.9 Å². The molecule has 3 rings (SSSR count). The molecule has 2 aromatic heterocycles. The van der Waals surface area contributed by atoms with E-state index in [0.29, 0.717) is 37.4 Å². The highest BCUT2D eigenvalue weighted by Crippen LogP contribution is 2.23. The van der Waals surface area contributed by atoms with E-state index in [4.69, 9.17) is 19.7 Å². The minimum absolute atomic E-state index is 0.268. The standard InChI is InChI=1S/C11H12N4O3/c12-9-5-7(1-2-13-9)11-14-10(15-18-11)8-6-16-3-4-17-8/h1-2,5,8H,3-4,6H2,(H2,12,13). The molecule has 1 aliphatic heterocycles. The first-order chi connectivity index (χ1) is 8.83. The summed E-state index contributed by atoms with van der Waals surface area (Å²) in [5.41, 5.74) is 6.33. The summed E-state index contributed by atoms with van der Waals surface area (Å²) in [6, 6.07) is 3.43. The van der Waals surface area contributed by atoms with Crippen LogP contribution in [0.3, 0.4) is 0 Å². The Labute approximate surface area is 103 Å². The molecule has 3 heterocycles. The topological polar surface area (TPSA) is 96.3 Å². The summed E-state index contributed by atoms with van der Waals surface area (Å²) in [6.45, 7) is 1.58. The van der Waals surface area contributed by atoms with Gasteiger partial charge in [0.15, 0.2) is 0 Å². The van der Waals surface area contributed by atoms with E-state index in [0.717, 1.165) is 5.56 Å². The van der Waals surface area contributed by atoms with E-state index in [-0.39, 0.29) is 6.10 Å². The van der Waals surface area contributed by atoms with Crippen molar-refractivity contribution in [1.29, 1.82) is 0 Å². The average Bonchev–Trinajstić information content (AvgIpc) is 2.89. The largest absolute Gasteiger partial charge is 0.384 e. The quantitative estimate of drug-likeness (QED) is 0.839. The maximum atomic E-state index is 5.60. The van der Waals surface area contributed by atoms with Crippen LogP contribution in [0, 0.1) is 0 Å². The van der Waals surface area contributed by atoms with Gasteiger partial charge in [-0.25, -0.2) is 4.98 Å². The Morgan fingerprint density at radius 1 is 1.33 bits per heavy atom. The maximum absolute atomic E-state index is 5.60. The number of nitrogen functional groups attached to an aromatic ring is 1. The number of rotatable bonds is 2. The van der Waals surface area contributed by atoms with Gasteiger partial charge in [-0.15, -0.1) is 0 Å². The molecule has 0 amide bonds. The minimum atomic E-state index is -0.268. The zero-order chi connectivity index (χ0) is 12.4. The number of ether oxygens (including phenoxy) is 2. The summed E-state index contributed by atoms with van der Waals surface area (Å²) in [5, 5.41) is 3.89. The van der Waals surface area contributed by atoms with E-state index in [1.54, 1.807) is 18.3 Å². The molecule has 0 aromatic carbocycles. The second-order valence-corrected chi connectivity index (χ2v) is 3.86. The predicted octanol–water partition coefficient (Wildman–Crippen LogP) is 0.802. The number of nitrogens with zero attached hydrogens (tertiary/aromatic N) is 3. The Bertz CT molecular complexity index is 537. The van der Waals surface area contributed by atoms with Gasteiger partial charge in [0.2, 0.25) is 5.82 Å². The molecule has 0 spiro atoms. The highest BCUT2D eigenvalue weighted by molar-refractivity contribution is 5.56. The van der Waals surface area contributed by atoms with Crippen molar-refractivity contribution < 1.29 is 14.0 Å². The van der Waals surface area contributed by atoms with Gasteiger partial charge in [0, 0.05) is 11.8 Å². The van der Waals surface area contributed by atoms with Crippen molar-refractivity contribution in [1.82, 2.24) is 15.1 Å². The first-order valence-corrected chi connectivity index (χ1v) is 5.58. The van der Waals surface area contributed by atoms with Crippen LogP contribution in [0.4, 0.5) is 5.82 Å². The van der Waals surface area contributed by atoms with E-state index in [9.17, 15) is 0 Å². The highest BCUT2D eigenvalue weighted by atomic mass is 16.6. The lowest BCUT2D eigenvalue weighted by atomic mass is 10.2. The van der Waals surface area contributed by atoms with Crippen LogP contribution < -0.4 is 5.73 Å². The number of pyridine rings is 1. The zero-order valence-corrected chi connectivity index (χ0v) is 9.57. The Morgan fingerprint density at radius 2 is 2.28 bits per heavy atom. The van der Waals surface area contributed by atoms with Gasteiger partial charge in [0.05, 0.1) is 19.8 Å². The van der Waals surface area contributed by atoms with E-state index in [1.165, 1.54) is 0 Å². The lowest BCUT2D eigenvalue weighted by molar-refractivity contribution is -0.0941. The molecule has 1 fully saturated rings. The molecule has 2 aromatic rings. The van der Waals surface area contributed by atoms with E-state index < -0.39 is 0 Å². The van der Waals surface area contributed by atoms with Crippen LogP contribution in [-0.4, -0.2) is 34.9 Å². The smallest absolute Gasteiger partial charge is 0.258 e. The Balaban J connectivity index is 1.84. The van der Waals surface area contributed by atoms with E-state index in [2.05, 4.69) is 15.1 Å². The molecular formula is C11H12N4O3. The first-order valence-electron chi connectivity index (χ1n) is 5.58. The highest BCUT2D eigenvalue weighted by Gasteiger charge is 2.22. The Kier molecular flexibility index (Phi) is 2.91. The van der Waals surface area contributed by atoms with Gasteiger partial charge in [-0.2, -0.15) is 4.98 Å². The monoisotopic (exact) mass is 248 g/mol. The van der Waals surface area contributed by atoms with Gasteiger partial charge in [-0.1, -0.05) is 5.16 Å². The molecule has 1 saturated heterocycles. The van der Waals surface area contributed by atoms with Gasteiger partial charge in [0.25, 0.3) is 5.89 Å². The third-order valence-corrected chi connectivity index (χ3v) is 2.57. The van der Waals surface area contributed by atoms with Crippen LogP contribution in [0.25, 0.3) is 11.5 Å². The molecule has 18 heavy (non-hydrogen) atoms. The summed E-state index contributed by atoms with van der Waals surface area (Å²) in [4.78, 5) is 8.18. The fourth-order valence-electron chi connectivity index (χ4n) is 1.70. The van der Waals surface area contributed by atoms with Crippen LogP contribution in [0.5, 0.6) is 0 Å². The lowest BCUT2D eigenvalue weighted by Crippen LogP contribution is -2.22. The van der Waals surface area contributed by atoms with Gasteiger partial charge in [0.1, 0.15) is 11.9 Å². The number of hydrogen-bond donors (Lipinski definition) is 1. The van der Waals surface area contributed by atoms with Crippen molar-refractivity contribution in [3.63, 3.8) is 0 Å². The van der Waals surface area contributed by atoms with Crippen molar-refractivity contribution in [3.8, 4) is 11.5 Å². The van der Waals surface area contributed by atoms with Gasteiger partial charge in [-0.05, 0) is 12.1 Å². The summed E-state index contributed by atoms with van der Waals surface area (Å²) < 4.78 is 16.0. The normalized spacial score (nSPS) is 19.9. The molecule has 0 bridgehead atoms. The average molecular weight is 248 g/mol. The van der Waals surface area contributed by atoms with Crippen molar-refractivity contribution >= 4 is 5.82 Å². The molecule has 0 aliphatic carbocycles. The summed E-state index contributed by atoms with van der Waals surface area (Å²) in [5.74, 6) is 1.29. The van der Waals surface area contributed by atoms with Crippen molar-refractivity contribution in [3.05, 3.63) is 24.2 Å². The minimum Gasteiger partial charge on any atom is -0.384 e. The van der Waals surface area contributed by atoms with E-state index >= 15 is 0 Å². The fourth-order valence-corrected chi connectivity index (χ4v) is 1.70. The third-order valence-electron chi connectivity index (χ3n) is 2.57. The SMILES string of the molecule is Nc1cc(-c2nc(C3COCCO3)no2)ccn1. The third kappa shape index (κ3) is 2.18. The number of hydrogen-bond acceptors (Lipinski definition) is 7. The maximum Gasteiger partial charge on any atom is 0.258 e. The van der Waals surface area contributed by atoms with Gasteiger partial charge < -0.3 is 19.7 Å². The van der Waals surface area contributed by atoms with Gasteiger partial charge >= 0.3 is 0 Å². The number of nitrogens with two attached hydrogens (primary N) is 1. The molecular weight excluding hydrogens is 236 g/mol. The summed E-state index contributed by atoms with van der Waals surface area (Å²) >= 11 is 0. The summed E-state index contributed by atoms with van der Waals surface area (Å²) in [6.07, 6.45) is 1.32. The fraction of sp³-hybridized carbons (Fsp3) is 0.364. The predicted molar refractivity (Wildman–Crippen MR) is 61.5 cm³/mol. The van der Waals surface area contributed by atoms with Crippen LogP contribution >= 0.6 is 0 Å². The van der Waals surface area contributed by atoms with Crippen molar-refractivity contribution in [2.24, 2.45) is 0 Å². The molecule has 2 N–H and O–H groups in total. The summed E-state index contributed by atoms with van der Waals surface area (Å²) in [7, 11) is 0. The number of anilines is 1. The Morgan fingerprint density at radius 3 is 3.06 bits per heavy atom. The van der Waals surface area contributed by atoms with Crippen LogP contribution in [0.15, 0.2) is 22.9 Å². The second-order valence-electron chi connectivity index (χ2n) is 3.86. The number of aromatic nitrogens is 3. The molecule has 7 heteroatoms. The molecule has 94 valence electrons. The lowest BCUT2D eigenvalue weighted by Gasteiger charge is -2.19. The van der Waals surface area contributed by atoms with Crippen molar-refractivity contribution in [2.45, 2.75) is 6.10 Å². The van der Waals surface area contributed by atoms with Crippen LogP contribution in [0.2, 0.25) is 0 Å². The van der Waals surface area contributed by atoms with Crippen molar-refractivity contribution in [2.75, 3.05) is 25.6 Å². The molecule has 0 saturated carbocycles.